The second-order valence-corrected chi connectivity index (χ2v) is 8.25. The van der Waals surface area contributed by atoms with E-state index in [0.717, 1.165) is 33.5 Å². The first-order chi connectivity index (χ1) is 14.5. The molecule has 0 amide bonds. The van der Waals surface area contributed by atoms with Crippen LogP contribution in [0.2, 0.25) is 0 Å². The number of imidazole rings is 2. The quantitative estimate of drug-likeness (QED) is 0.223. The number of benzene rings is 3. The van der Waals surface area contributed by atoms with Crippen LogP contribution in [-0.4, -0.2) is 36.4 Å². The van der Waals surface area contributed by atoms with E-state index in [1.54, 1.807) is 12.4 Å². The Bertz CT molecular complexity index is 1460. The van der Waals surface area contributed by atoms with Crippen molar-refractivity contribution in [2.24, 2.45) is 4.99 Å². The Balaban J connectivity index is 1.52. The predicted octanol–water partition coefficient (Wildman–Crippen LogP) is 5.79. The predicted molar refractivity (Wildman–Crippen MR) is 124 cm³/mol. The van der Waals surface area contributed by atoms with Crippen LogP contribution in [0.1, 0.15) is 5.56 Å². The van der Waals surface area contributed by atoms with Gasteiger partial charge in [-0.2, -0.15) is 0 Å². The summed E-state index contributed by atoms with van der Waals surface area (Å²) < 4.78 is 0.660. The summed E-state index contributed by atoms with van der Waals surface area (Å²) in [6.07, 6.45) is 3.20. The van der Waals surface area contributed by atoms with E-state index in [1.165, 1.54) is 6.21 Å². The largest absolute Gasteiger partial charge is 0.506 e. The van der Waals surface area contributed by atoms with Crippen molar-refractivity contribution < 1.29 is 10.2 Å². The molecule has 0 bridgehead atoms. The SMILES string of the molecule is Oc1c(Br)cc(/C=N/c2ccc3[nH]c(-c4cccc5nc[nH]c45)nc3c2)c(O)c1Br. The summed E-state index contributed by atoms with van der Waals surface area (Å²) in [5, 5.41) is 20.1. The fourth-order valence-electron chi connectivity index (χ4n) is 3.22. The maximum absolute atomic E-state index is 10.2. The number of nitrogens with zero attached hydrogens (tertiary/aromatic N) is 3. The zero-order chi connectivity index (χ0) is 20.8. The number of fused-ring (bicyclic) bond motifs is 2. The number of phenols is 2. The second kappa shape index (κ2) is 7.26. The molecule has 0 fully saturated rings. The van der Waals surface area contributed by atoms with E-state index in [4.69, 9.17) is 4.98 Å². The van der Waals surface area contributed by atoms with Gasteiger partial charge in [0.05, 0.1) is 38.6 Å². The topological polar surface area (TPSA) is 110 Å². The van der Waals surface area contributed by atoms with Gasteiger partial charge < -0.3 is 20.2 Å². The number of phenolic OH excluding ortho intramolecular Hbond substituents is 2. The number of para-hydroxylation sites is 1. The fourth-order valence-corrected chi connectivity index (χ4v) is 4.38. The summed E-state index contributed by atoms with van der Waals surface area (Å²) in [4.78, 5) is 19.9. The minimum absolute atomic E-state index is 0.0672. The molecule has 0 aliphatic heterocycles. The number of aliphatic imine (C=N–C) groups is 1. The molecule has 0 radical (unpaired) electrons. The Morgan fingerprint density at radius 1 is 1.00 bits per heavy atom. The molecule has 0 spiro atoms. The first-order valence-corrected chi connectivity index (χ1v) is 10.5. The monoisotopic (exact) mass is 525 g/mol. The van der Waals surface area contributed by atoms with Gasteiger partial charge >= 0.3 is 0 Å². The summed E-state index contributed by atoms with van der Waals surface area (Å²) in [5.41, 5.74) is 5.54. The van der Waals surface area contributed by atoms with E-state index in [-0.39, 0.29) is 16.0 Å². The molecule has 0 saturated carbocycles. The number of aromatic nitrogens is 4. The Kier molecular flexibility index (Phi) is 4.56. The number of halogens is 2. The molecule has 9 heteroatoms. The Morgan fingerprint density at radius 3 is 2.73 bits per heavy atom. The van der Waals surface area contributed by atoms with Crippen molar-refractivity contribution in [1.29, 1.82) is 0 Å². The average Bonchev–Trinajstić information content (AvgIpc) is 3.40. The third-order valence-corrected chi connectivity index (χ3v) is 6.08. The van der Waals surface area contributed by atoms with E-state index >= 15 is 0 Å². The molecule has 148 valence electrons. The molecule has 0 unspecified atom stereocenters. The van der Waals surface area contributed by atoms with Crippen LogP contribution in [0.25, 0.3) is 33.5 Å². The van der Waals surface area contributed by atoms with Crippen LogP contribution in [0.4, 0.5) is 5.69 Å². The molecule has 7 nitrogen and oxygen atoms in total. The highest BCUT2D eigenvalue weighted by Crippen LogP contribution is 2.40. The summed E-state index contributed by atoms with van der Waals surface area (Å²) in [7, 11) is 0. The molecule has 0 aliphatic carbocycles. The third kappa shape index (κ3) is 3.16. The zero-order valence-electron chi connectivity index (χ0n) is 15.2. The molecular formula is C21H13Br2N5O2. The van der Waals surface area contributed by atoms with Gasteiger partial charge in [0.25, 0.3) is 0 Å². The summed E-state index contributed by atoms with van der Waals surface area (Å²) in [6, 6.07) is 13.1. The average molecular weight is 527 g/mol. The van der Waals surface area contributed by atoms with Crippen molar-refractivity contribution in [3.05, 3.63) is 63.3 Å². The van der Waals surface area contributed by atoms with E-state index in [0.29, 0.717) is 15.7 Å². The van der Waals surface area contributed by atoms with E-state index in [2.05, 4.69) is 51.8 Å². The van der Waals surface area contributed by atoms with Crippen molar-refractivity contribution in [2.45, 2.75) is 0 Å². The van der Waals surface area contributed by atoms with Gasteiger partial charge in [0.1, 0.15) is 21.8 Å². The van der Waals surface area contributed by atoms with Gasteiger partial charge in [-0.05, 0) is 68.3 Å². The maximum atomic E-state index is 10.2. The molecule has 4 N–H and O–H groups in total. The molecule has 30 heavy (non-hydrogen) atoms. The van der Waals surface area contributed by atoms with Gasteiger partial charge in [-0.25, -0.2) is 9.97 Å². The number of H-pyrrole nitrogens is 2. The van der Waals surface area contributed by atoms with Crippen LogP contribution in [-0.2, 0) is 0 Å². The standard InChI is InChI=1S/C21H13Br2N5O2/c22-13-6-10(19(29)17(23)20(13)30)8-24-11-4-5-14-16(7-11)28-21(27-14)12-2-1-3-15-18(12)26-9-25-15/h1-9,29-30H,(H,25,26)(H,27,28)/b24-8+. The molecule has 5 rings (SSSR count). The normalized spacial score (nSPS) is 11.8. The Hall–Kier alpha value is -3.17. The number of hydrogen-bond donors (Lipinski definition) is 4. The number of aromatic amines is 2. The van der Waals surface area contributed by atoms with Crippen molar-refractivity contribution in [3.8, 4) is 22.9 Å². The summed E-state index contributed by atoms with van der Waals surface area (Å²) >= 11 is 6.42. The molecule has 0 atom stereocenters. The summed E-state index contributed by atoms with van der Waals surface area (Å²) in [5.74, 6) is 0.586. The van der Waals surface area contributed by atoms with Crippen LogP contribution in [0.5, 0.6) is 11.5 Å². The fraction of sp³-hybridized carbons (Fsp3) is 0. The van der Waals surface area contributed by atoms with Crippen LogP contribution in [0.3, 0.4) is 0 Å². The maximum Gasteiger partial charge on any atom is 0.147 e. The smallest absolute Gasteiger partial charge is 0.147 e. The van der Waals surface area contributed by atoms with Gasteiger partial charge in [0.2, 0.25) is 0 Å². The van der Waals surface area contributed by atoms with Gasteiger partial charge in [0.15, 0.2) is 0 Å². The Morgan fingerprint density at radius 2 is 1.87 bits per heavy atom. The lowest BCUT2D eigenvalue weighted by atomic mass is 10.2. The first-order valence-electron chi connectivity index (χ1n) is 8.87. The lowest BCUT2D eigenvalue weighted by Crippen LogP contribution is -1.85. The van der Waals surface area contributed by atoms with E-state index in [9.17, 15) is 10.2 Å². The first kappa shape index (κ1) is 18.8. The number of aromatic hydroxyl groups is 2. The van der Waals surface area contributed by atoms with Gasteiger partial charge in [-0.15, -0.1) is 0 Å². The number of hydrogen-bond acceptors (Lipinski definition) is 5. The number of nitrogens with one attached hydrogen (secondary N) is 2. The highest BCUT2D eigenvalue weighted by Gasteiger charge is 2.13. The molecule has 2 aromatic heterocycles. The van der Waals surface area contributed by atoms with Gasteiger partial charge in [0, 0.05) is 17.3 Å². The molecule has 3 aromatic carbocycles. The second-order valence-electron chi connectivity index (χ2n) is 6.61. The zero-order valence-corrected chi connectivity index (χ0v) is 18.4. The minimum atomic E-state index is -0.0877. The molecule has 2 heterocycles. The number of rotatable bonds is 3. The molecule has 0 saturated heterocycles. The van der Waals surface area contributed by atoms with Crippen molar-refractivity contribution in [3.63, 3.8) is 0 Å². The summed E-state index contributed by atoms with van der Waals surface area (Å²) in [6.45, 7) is 0. The van der Waals surface area contributed by atoms with Crippen LogP contribution >= 0.6 is 31.9 Å². The molecular weight excluding hydrogens is 514 g/mol. The van der Waals surface area contributed by atoms with Gasteiger partial charge in [-0.1, -0.05) is 6.07 Å². The van der Waals surface area contributed by atoms with E-state index < -0.39 is 0 Å². The van der Waals surface area contributed by atoms with Crippen molar-refractivity contribution in [1.82, 2.24) is 19.9 Å². The highest BCUT2D eigenvalue weighted by molar-refractivity contribution is 9.11. The van der Waals surface area contributed by atoms with Crippen molar-refractivity contribution in [2.75, 3.05) is 0 Å². The lowest BCUT2D eigenvalue weighted by Gasteiger charge is -2.06. The van der Waals surface area contributed by atoms with Crippen molar-refractivity contribution >= 4 is 65.8 Å². The lowest BCUT2D eigenvalue weighted by molar-refractivity contribution is 0.442. The minimum Gasteiger partial charge on any atom is -0.506 e. The Labute approximate surface area is 186 Å². The van der Waals surface area contributed by atoms with Gasteiger partial charge in [-0.3, -0.25) is 4.99 Å². The highest BCUT2D eigenvalue weighted by atomic mass is 79.9. The third-order valence-electron chi connectivity index (χ3n) is 4.73. The van der Waals surface area contributed by atoms with E-state index in [1.807, 2.05) is 36.4 Å². The van der Waals surface area contributed by atoms with Crippen LogP contribution in [0.15, 0.2) is 62.7 Å². The molecule has 5 aromatic rings. The van der Waals surface area contributed by atoms with Crippen LogP contribution < -0.4 is 0 Å². The molecule has 0 aliphatic rings. The van der Waals surface area contributed by atoms with Crippen LogP contribution in [0, 0.1) is 0 Å².